The highest BCUT2D eigenvalue weighted by Gasteiger charge is 2.30. The van der Waals surface area contributed by atoms with Crippen LogP contribution in [-0.2, 0) is 4.74 Å². The zero-order valence-electron chi connectivity index (χ0n) is 11.1. The molecule has 0 rings (SSSR count). The van der Waals surface area contributed by atoms with Gasteiger partial charge in [-0.1, -0.05) is 13.8 Å². The Balaban J connectivity index is 3.96. The second kappa shape index (κ2) is 5.83. The minimum Gasteiger partial charge on any atom is -0.389 e. The molecule has 0 amide bonds. The van der Waals surface area contributed by atoms with Crippen molar-refractivity contribution in [3.8, 4) is 0 Å². The van der Waals surface area contributed by atoms with Crippen molar-refractivity contribution in [1.29, 1.82) is 0 Å². The van der Waals surface area contributed by atoms with Gasteiger partial charge in [0.1, 0.15) is 0 Å². The molecule has 3 nitrogen and oxygen atoms in total. The fourth-order valence-corrected chi connectivity index (χ4v) is 1.68. The third-order valence-corrected chi connectivity index (χ3v) is 2.42. The van der Waals surface area contributed by atoms with Crippen LogP contribution in [0.15, 0.2) is 0 Å². The standard InChI is InChI=1S/C12H27NO2/c1-10(2)7-13-9-12(5,14)8-11(3,4)15-6/h10,13-14H,7-9H2,1-6H3. The van der Waals surface area contributed by atoms with Gasteiger partial charge in [0, 0.05) is 20.1 Å². The molecule has 0 aromatic heterocycles. The van der Waals surface area contributed by atoms with Gasteiger partial charge >= 0.3 is 0 Å². The van der Waals surface area contributed by atoms with Gasteiger partial charge in [-0.3, -0.25) is 0 Å². The van der Waals surface area contributed by atoms with Crippen molar-refractivity contribution in [2.45, 2.75) is 52.2 Å². The van der Waals surface area contributed by atoms with E-state index in [0.717, 1.165) is 6.54 Å². The lowest BCUT2D eigenvalue weighted by molar-refractivity contribution is -0.0576. The molecule has 2 N–H and O–H groups in total. The molecule has 0 bridgehead atoms. The first-order valence-corrected chi connectivity index (χ1v) is 5.67. The molecule has 0 aromatic carbocycles. The highest BCUT2D eigenvalue weighted by molar-refractivity contribution is 4.84. The molecule has 0 aliphatic rings. The molecule has 0 radical (unpaired) electrons. The molecule has 1 atom stereocenters. The molecule has 0 aliphatic heterocycles. The SMILES string of the molecule is COC(C)(C)CC(C)(O)CNCC(C)C. The lowest BCUT2D eigenvalue weighted by Gasteiger charge is -2.33. The fraction of sp³-hybridized carbons (Fsp3) is 1.00. The van der Waals surface area contributed by atoms with Gasteiger partial charge in [0.25, 0.3) is 0 Å². The number of nitrogens with one attached hydrogen (secondary N) is 1. The van der Waals surface area contributed by atoms with Crippen LogP contribution in [0, 0.1) is 5.92 Å². The van der Waals surface area contributed by atoms with Gasteiger partial charge in [-0.15, -0.1) is 0 Å². The zero-order chi connectivity index (χ0) is 12.1. The molecule has 0 saturated heterocycles. The first-order chi connectivity index (χ1) is 6.68. The van der Waals surface area contributed by atoms with E-state index in [1.807, 2.05) is 20.8 Å². The quantitative estimate of drug-likeness (QED) is 0.683. The summed E-state index contributed by atoms with van der Waals surface area (Å²) in [5.41, 5.74) is -0.989. The predicted molar refractivity (Wildman–Crippen MR) is 64.0 cm³/mol. The number of hydrogen-bond donors (Lipinski definition) is 2. The van der Waals surface area contributed by atoms with Gasteiger partial charge < -0.3 is 15.2 Å². The van der Waals surface area contributed by atoms with Crippen LogP contribution in [0.3, 0.4) is 0 Å². The monoisotopic (exact) mass is 217 g/mol. The Hall–Kier alpha value is -0.120. The van der Waals surface area contributed by atoms with Gasteiger partial charge in [-0.05, 0) is 33.2 Å². The molecule has 0 heterocycles. The normalized spacial score (nSPS) is 16.8. The fourth-order valence-electron chi connectivity index (χ4n) is 1.68. The third-order valence-electron chi connectivity index (χ3n) is 2.42. The summed E-state index contributed by atoms with van der Waals surface area (Å²) >= 11 is 0. The topological polar surface area (TPSA) is 41.5 Å². The lowest BCUT2D eigenvalue weighted by Crippen LogP contribution is -2.44. The van der Waals surface area contributed by atoms with Gasteiger partial charge in [-0.25, -0.2) is 0 Å². The van der Waals surface area contributed by atoms with Crippen molar-refractivity contribution in [3.05, 3.63) is 0 Å². The van der Waals surface area contributed by atoms with E-state index >= 15 is 0 Å². The molecule has 0 aliphatic carbocycles. The highest BCUT2D eigenvalue weighted by Crippen LogP contribution is 2.22. The van der Waals surface area contributed by atoms with E-state index in [0.29, 0.717) is 18.9 Å². The molecule has 0 saturated carbocycles. The first-order valence-electron chi connectivity index (χ1n) is 5.67. The van der Waals surface area contributed by atoms with E-state index in [1.165, 1.54) is 0 Å². The molecular formula is C12H27NO2. The van der Waals surface area contributed by atoms with Crippen molar-refractivity contribution in [2.75, 3.05) is 20.2 Å². The Morgan fingerprint density at radius 2 is 1.80 bits per heavy atom. The van der Waals surface area contributed by atoms with Crippen LogP contribution >= 0.6 is 0 Å². The smallest absolute Gasteiger partial charge is 0.0770 e. The van der Waals surface area contributed by atoms with Crippen LogP contribution in [-0.4, -0.2) is 36.5 Å². The summed E-state index contributed by atoms with van der Waals surface area (Å²) in [4.78, 5) is 0. The number of hydrogen-bond acceptors (Lipinski definition) is 3. The Kier molecular flexibility index (Phi) is 5.78. The van der Waals surface area contributed by atoms with Crippen molar-refractivity contribution in [2.24, 2.45) is 5.92 Å². The number of ether oxygens (including phenoxy) is 1. The summed E-state index contributed by atoms with van der Waals surface area (Å²) < 4.78 is 5.31. The molecule has 3 heteroatoms. The van der Waals surface area contributed by atoms with E-state index in [4.69, 9.17) is 4.74 Å². The van der Waals surface area contributed by atoms with Crippen LogP contribution < -0.4 is 5.32 Å². The summed E-state index contributed by atoms with van der Waals surface area (Å²) in [5.74, 6) is 0.608. The minimum absolute atomic E-state index is 0.275. The van der Waals surface area contributed by atoms with E-state index in [2.05, 4.69) is 19.2 Å². The van der Waals surface area contributed by atoms with Gasteiger partial charge in [-0.2, -0.15) is 0 Å². The Bertz CT molecular complexity index is 176. The summed E-state index contributed by atoms with van der Waals surface area (Å²) in [6.07, 6.45) is 0.627. The number of methoxy groups -OCH3 is 1. The zero-order valence-corrected chi connectivity index (χ0v) is 11.1. The van der Waals surface area contributed by atoms with Crippen molar-refractivity contribution >= 4 is 0 Å². The second-order valence-corrected chi connectivity index (χ2v) is 5.66. The van der Waals surface area contributed by atoms with Crippen LogP contribution in [0.1, 0.15) is 41.0 Å². The molecule has 15 heavy (non-hydrogen) atoms. The minimum atomic E-state index is -0.714. The molecule has 0 fully saturated rings. The van der Waals surface area contributed by atoms with Gasteiger partial charge in [0.05, 0.1) is 11.2 Å². The number of rotatable bonds is 7. The Morgan fingerprint density at radius 3 is 2.20 bits per heavy atom. The molecule has 0 aromatic rings. The molecule has 92 valence electrons. The highest BCUT2D eigenvalue weighted by atomic mass is 16.5. The predicted octanol–water partition coefficient (Wildman–Crippen LogP) is 1.80. The third kappa shape index (κ3) is 7.77. The van der Waals surface area contributed by atoms with Crippen LogP contribution in [0.2, 0.25) is 0 Å². The maximum atomic E-state index is 10.2. The van der Waals surface area contributed by atoms with E-state index in [-0.39, 0.29) is 5.60 Å². The molecule has 0 spiro atoms. The maximum absolute atomic E-state index is 10.2. The largest absolute Gasteiger partial charge is 0.389 e. The second-order valence-electron chi connectivity index (χ2n) is 5.66. The summed E-state index contributed by atoms with van der Waals surface area (Å²) in [7, 11) is 1.68. The van der Waals surface area contributed by atoms with Crippen LogP contribution in [0.4, 0.5) is 0 Å². The Labute approximate surface area is 94.2 Å². The maximum Gasteiger partial charge on any atom is 0.0770 e. The van der Waals surface area contributed by atoms with Crippen molar-refractivity contribution in [3.63, 3.8) is 0 Å². The average Bonchev–Trinajstić information content (AvgIpc) is 2.01. The van der Waals surface area contributed by atoms with Crippen LogP contribution in [0.5, 0.6) is 0 Å². The first kappa shape index (κ1) is 14.9. The summed E-state index contributed by atoms with van der Waals surface area (Å²) in [6, 6.07) is 0. The van der Waals surface area contributed by atoms with Gasteiger partial charge in [0.2, 0.25) is 0 Å². The van der Waals surface area contributed by atoms with Crippen molar-refractivity contribution < 1.29 is 9.84 Å². The lowest BCUT2D eigenvalue weighted by atomic mass is 9.90. The summed E-state index contributed by atoms with van der Waals surface area (Å²) in [6.45, 7) is 11.7. The van der Waals surface area contributed by atoms with Crippen LogP contribution in [0.25, 0.3) is 0 Å². The summed E-state index contributed by atoms with van der Waals surface area (Å²) in [5, 5.41) is 13.4. The number of aliphatic hydroxyl groups is 1. The molecule has 1 unspecified atom stereocenters. The van der Waals surface area contributed by atoms with E-state index < -0.39 is 5.60 Å². The van der Waals surface area contributed by atoms with E-state index in [1.54, 1.807) is 7.11 Å². The Morgan fingerprint density at radius 1 is 1.27 bits per heavy atom. The van der Waals surface area contributed by atoms with Crippen molar-refractivity contribution in [1.82, 2.24) is 5.32 Å². The van der Waals surface area contributed by atoms with Gasteiger partial charge in [0.15, 0.2) is 0 Å². The van der Waals surface area contributed by atoms with E-state index in [9.17, 15) is 5.11 Å². The average molecular weight is 217 g/mol. The molecular weight excluding hydrogens is 190 g/mol.